The van der Waals surface area contributed by atoms with E-state index in [0.29, 0.717) is 35.1 Å². The van der Waals surface area contributed by atoms with E-state index in [-0.39, 0.29) is 18.5 Å². The van der Waals surface area contributed by atoms with Crippen LogP contribution in [0.5, 0.6) is 23.0 Å². The van der Waals surface area contributed by atoms with Gasteiger partial charge in [-0.05, 0) is 25.5 Å². The molecule has 2 heterocycles. The van der Waals surface area contributed by atoms with Gasteiger partial charge in [0.25, 0.3) is 5.69 Å². The van der Waals surface area contributed by atoms with E-state index in [1.165, 1.54) is 12.1 Å². The fraction of sp³-hybridized carbons (Fsp3) is 0.316. The molecule has 4 rings (SSSR count). The Morgan fingerprint density at radius 2 is 1.74 bits per heavy atom. The van der Waals surface area contributed by atoms with Crippen LogP contribution in [0.1, 0.15) is 23.6 Å². The van der Waals surface area contributed by atoms with Gasteiger partial charge in [0.2, 0.25) is 18.3 Å². The second-order valence-corrected chi connectivity index (χ2v) is 6.32. The van der Waals surface area contributed by atoms with E-state index in [4.69, 9.17) is 23.9 Å². The Morgan fingerprint density at radius 3 is 2.33 bits per heavy atom. The Labute approximate surface area is 155 Å². The van der Waals surface area contributed by atoms with Gasteiger partial charge in [-0.2, -0.15) is 0 Å². The van der Waals surface area contributed by atoms with Gasteiger partial charge in [0.15, 0.2) is 11.5 Å². The Kier molecular flexibility index (Phi) is 4.10. The second kappa shape index (κ2) is 6.46. The predicted octanol–water partition coefficient (Wildman–Crippen LogP) is 3.12. The van der Waals surface area contributed by atoms with Crippen molar-refractivity contribution < 1.29 is 23.9 Å². The van der Waals surface area contributed by atoms with Gasteiger partial charge in [-0.25, -0.2) is 0 Å². The van der Waals surface area contributed by atoms with Crippen LogP contribution in [0.3, 0.4) is 0 Å². The monoisotopic (exact) mass is 370 g/mol. The summed E-state index contributed by atoms with van der Waals surface area (Å²) in [6.07, 6.45) is 0.655. The maximum absolute atomic E-state index is 11.0. The molecule has 0 radical (unpaired) electrons. The largest absolute Gasteiger partial charge is 0.492 e. The molecule has 2 aromatic rings. The molecule has 0 saturated carbocycles. The molecular formula is C19H18N2O6. The van der Waals surface area contributed by atoms with Crippen LogP contribution in [0.4, 0.5) is 5.69 Å². The van der Waals surface area contributed by atoms with E-state index in [1.807, 2.05) is 6.92 Å². The average molecular weight is 370 g/mol. The fourth-order valence-electron chi connectivity index (χ4n) is 3.56. The van der Waals surface area contributed by atoms with Crippen LogP contribution in [0.15, 0.2) is 29.3 Å². The van der Waals surface area contributed by atoms with Gasteiger partial charge in [-0.3, -0.25) is 15.1 Å². The number of hydrogen-bond donors (Lipinski definition) is 0. The van der Waals surface area contributed by atoms with Crippen LogP contribution in [-0.2, 0) is 6.42 Å². The van der Waals surface area contributed by atoms with Crippen LogP contribution in [0.25, 0.3) is 0 Å². The summed E-state index contributed by atoms with van der Waals surface area (Å²) < 4.78 is 22.5. The summed E-state index contributed by atoms with van der Waals surface area (Å²) >= 11 is 0. The number of benzene rings is 2. The molecule has 0 amide bonds. The van der Waals surface area contributed by atoms with Crippen molar-refractivity contribution >= 4 is 11.4 Å². The third-order valence-electron chi connectivity index (χ3n) is 4.67. The van der Waals surface area contributed by atoms with Crippen LogP contribution in [0, 0.1) is 10.1 Å². The van der Waals surface area contributed by atoms with Gasteiger partial charge < -0.3 is 18.9 Å². The maximum Gasteiger partial charge on any atom is 0.269 e. The minimum absolute atomic E-state index is 0.00155. The molecule has 1 atom stereocenters. The smallest absolute Gasteiger partial charge is 0.269 e. The number of nitro benzene ring substituents is 1. The Morgan fingerprint density at radius 1 is 1.11 bits per heavy atom. The molecule has 0 aliphatic carbocycles. The van der Waals surface area contributed by atoms with Crippen molar-refractivity contribution in [2.45, 2.75) is 19.4 Å². The maximum atomic E-state index is 11.0. The van der Waals surface area contributed by atoms with Gasteiger partial charge in [0.05, 0.1) is 36.5 Å². The molecule has 0 saturated heterocycles. The third-order valence-corrected chi connectivity index (χ3v) is 4.67. The molecule has 27 heavy (non-hydrogen) atoms. The van der Waals surface area contributed by atoms with Gasteiger partial charge in [0, 0.05) is 23.3 Å². The predicted molar refractivity (Wildman–Crippen MR) is 97.6 cm³/mol. The number of ether oxygens (including phenoxy) is 4. The first-order chi connectivity index (χ1) is 13.0. The SMILES string of the molecule is COc1c2c(c(OC)c3c1OCO3)C(c1ccc([N+](=O)[O-])cc1)=NC(C)C2. The number of rotatable bonds is 4. The summed E-state index contributed by atoms with van der Waals surface area (Å²) in [6.45, 7) is 2.09. The summed E-state index contributed by atoms with van der Waals surface area (Å²) in [5.74, 6) is 2.16. The van der Waals surface area contributed by atoms with Crippen molar-refractivity contribution in [3.8, 4) is 23.0 Å². The lowest BCUT2D eigenvalue weighted by atomic mass is 9.88. The molecule has 0 bridgehead atoms. The first-order valence-corrected chi connectivity index (χ1v) is 8.44. The summed E-state index contributed by atoms with van der Waals surface area (Å²) in [5, 5.41) is 11.0. The number of methoxy groups -OCH3 is 2. The highest BCUT2D eigenvalue weighted by Crippen LogP contribution is 2.53. The highest BCUT2D eigenvalue weighted by atomic mass is 16.7. The molecular weight excluding hydrogens is 352 g/mol. The van der Waals surface area contributed by atoms with Crippen LogP contribution in [-0.4, -0.2) is 37.7 Å². The molecule has 140 valence electrons. The lowest BCUT2D eigenvalue weighted by molar-refractivity contribution is -0.384. The first kappa shape index (κ1) is 17.1. The minimum atomic E-state index is -0.426. The van der Waals surface area contributed by atoms with Crippen LogP contribution >= 0.6 is 0 Å². The molecule has 0 aromatic heterocycles. The van der Waals surface area contributed by atoms with Crippen LogP contribution < -0.4 is 18.9 Å². The van der Waals surface area contributed by atoms with E-state index in [9.17, 15) is 10.1 Å². The number of hydrogen-bond acceptors (Lipinski definition) is 7. The number of nitrogens with zero attached hydrogens (tertiary/aromatic N) is 2. The third kappa shape index (κ3) is 2.64. The van der Waals surface area contributed by atoms with Gasteiger partial charge >= 0.3 is 0 Å². The van der Waals surface area contributed by atoms with E-state index in [1.54, 1.807) is 26.4 Å². The van der Waals surface area contributed by atoms with E-state index < -0.39 is 4.92 Å². The van der Waals surface area contributed by atoms with Gasteiger partial charge in [-0.15, -0.1) is 0 Å². The number of nitro groups is 1. The zero-order valence-electron chi connectivity index (χ0n) is 15.1. The Balaban J connectivity index is 1.95. The van der Waals surface area contributed by atoms with E-state index in [0.717, 1.165) is 16.7 Å². The van der Waals surface area contributed by atoms with Crippen molar-refractivity contribution in [3.05, 3.63) is 51.1 Å². The summed E-state index contributed by atoms with van der Waals surface area (Å²) in [6, 6.07) is 6.31. The molecule has 0 fully saturated rings. The lowest BCUT2D eigenvalue weighted by Crippen LogP contribution is -2.21. The van der Waals surface area contributed by atoms with Crippen molar-refractivity contribution in [1.82, 2.24) is 0 Å². The number of fused-ring (bicyclic) bond motifs is 2. The number of aliphatic imine (C=N–C) groups is 1. The van der Waals surface area contributed by atoms with Crippen molar-refractivity contribution in [2.75, 3.05) is 21.0 Å². The molecule has 8 heteroatoms. The summed E-state index contributed by atoms with van der Waals surface area (Å²) in [4.78, 5) is 15.3. The summed E-state index contributed by atoms with van der Waals surface area (Å²) in [5.41, 5.74) is 3.17. The topological polar surface area (TPSA) is 92.4 Å². The van der Waals surface area contributed by atoms with Crippen molar-refractivity contribution in [3.63, 3.8) is 0 Å². The summed E-state index contributed by atoms with van der Waals surface area (Å²) in [7, 11) is 3.15. The molecule has 0 spiro atoms. The lowest BCUT2D eigenvalue weighted by Gasteiger charge is -2.26. The zero-order chi connectivity index (χ0) is 19.1. The molecule has 8 nitrogen and oxygen atoms in total. The molecule has 0 N–H and O–H groups in total. The Bertz CT molecular complexity index is 952. The quantitative estimate of drug-likeness (QED) is 0.606. The highest BCUT2D eigenvalue weighted by molar-refractivity contribution is 6.17. The Hall–Kier alpha value is -3.29. The zero-order valence-corrected chi connectivity index (χ0v) is 15.1. The average Bonchev–Trinajstić information content (AvgIpc) is 3.14. The van der Waals surface area contributed by atoms with Crippen molar-refractivity contribution in [2.24, 2.45) is 4.99 Å². The first-order valence-electron chi connectivity index (χ1n) is 8.44. The normalized spacial score (nSPS) is 17.1. The molecule has 2 aromatic carbocycles. The van der Waals surface area contributed by atoms with E-state index >= 15 is 0 Å². The van der Waals surface area contributed by atoms with E-state index in [2.05, 4.69) is 0 Å². The van der Waals surface area contributed by atoms with Gasteiger partial charge in [-0.1, -0.05) is 0 Å². The highest BCUT2D eigenvalue weighted by Gasteiger charge is 2.36. The standard InChI is InChI=1S/C19H18N2O6/c1-10-8-13-14(15(20-10)11-4-6-12(7-5-11)21(22)23)17(25-3)19-18(16(13)24-2)26-9-27-19/h4-7,10H,8-9H2,1-3H3. The number of non-ortho nitro benzene ring substituents is 1. The molecule has 2 aliphatic rings. The fourth-order valence-corrected chi connectivity index (χ4v) is 3.56. The minimum Gasteiger partial charge on any atom is -0.492 e. The second-order valence-electron chi connectivity index (χ2n) is 6.32. The molecule has 1 unspecified atom stereocenters. The van der Waals surface area contributed by atoms with Crippen LogP contribution in [0.2, 0.25) is 0 Å². The van der Waals surface area contributed by atoms with Crippen molar-refractivity contribution in [1.29, 1.82) is 0 Å². The molecule has 2 aliphatic heterocycles. The van der Waals surface area contributed by atoms with Gasteiger partial charge in [0.1, 0.15) is 0 Å².